The van der Waals surface area contributed by atoms with Gasteiger partial charge in [0.25, 0.3) is 5.91 Å². The zero-order valence-corrected chi connectivity index (χ0v) is 15.8. The lowest BCUT2D eigenvalue weighted by Gasteiger charge is -2.34. The minimum Gasteiger partial charge on any atom is -0.336 e. The Hall–Kier alpha value is -2.29. The quantitative estimate of drug-likeness (QED) is 0.815. The van der Waals surface area contributed by atoms with Crippen molar-refractivity contribution in [3.63, 3.8) is 0 Å². The molecule has 5 heteroatoms. The maximum absolute atomic E-state index is 12.7. The van der Waals surface area contributed by atoms with Crippen molar-refractivity contribution in [3.05, 3.63) is 70.8 Å². The number of rotatable bonds is 5. The number of thioether (sulfide) groups is 1. The third kappa shape index (κ3) is 4.66. The first-order chi connectivity index (χ1) is 12.7. The van der Waals surface area contributed by atoms with Crippen LogP contribution in [0.4, 0.5) is 0 Å². The fraction of sp³-hybridized carbons (Fsp3) is 0.333. The number of carbonyl (C=O) groups is 1. The molecule has 1 amide bonds. The van der Waals surface area contributed by atoms with Gasteiger partial charge < -0.3 is 4.90 Å². The maximum Gasteiger partial charge on any atom is 0.253 e. The van der Waals surface area contributed by atoms with Gasteiger partial charge in [0.1, 0.15) is 0 Å². The van der Waals surface area contributed by atoms with Crippen molar-refractivity contribution >= 4 is 17.7 Å². The van der Waals surface area contributed by atoms with Crippen LogP contribution in [0.25, 0.3) is 0 Å². The average Bonchev–Trinajstić information content (AvgIpc) is 2.69. The molecule has 2 aromatic carbocycles. The second kappa shape index (κ2) is 8.88. The van der Waals surface area contributed by atoms with E-state index >= 15 is 0 Å². The van der Waals surface area contributed by atoms with Gasteiger partial charge in [0.15, 0.2) is 0 Å². The van der Waals surface area contributed by atoms with Crippen LogP contribution in [0.3, 0.4) is 0 Å². The molecule has 0 bridgehead atoms. The first-order valence-corrected chi connectivity index (χ1v) is 10.2. The summed E-state index contributed by atoms with van der Waals surface area (Å²) < 4.78 is 0. The van der Waals surface area contributed by atoms with Gasteiger partial charge in [0.2, 0.25) is 0 Å². The Balaban J connectivity index is 1.52. The number of amides is 1. The Bertz CT molecular complexity index is 772. The Morgan fingerprint density at radius 3 is 2.19 bits per heavy atom. The molecule has 0 atom stereocenters. The van der Waals surface area contributed by atoms with Gasteiger partial charge in [-0.3, -0.25) is 9.69 Å². The Morgan fingerprint density at radius 1 is 1.00 bits per heavy atom. The predicted molar refractivity (Wildman–Crippen MR) is 106 cm³/mol. The van der Waals surface area contributed by atoms with Crippen LogP contribution >= 0.6 is 11.8 Å². The molecule has 26 heavy (non-hydrogen) atoms. The maximum atomic E-state index is 12.7. The molecule has 4 nitrogen and oxygen atoms in total. The third-order valence-corrected chi connectivity index (χ3v) is 5.28. The van der Waals surface area contributed by atoms with Crippen molar-refractivity contribution in [1.82, 2.24) is 9.80 Å². The lowest BCUT2D eigenvalue weighted by molar-refractivity contribution is 0.0628. The predicted octanol–water partition coefficient (Wildman–Crippen LogP) is 3.38. The van der Waals surface area contributed by atoms with Gasteiger partial charge >= 0.3 is 0 Å². The lowest BCUT2D eigenvalue weighted by Crippen LogP contribution is -2.48. The molecule has 0 N–H and O–H groups in total. The zero-order chi connectivity index (χ0) is 18.4. The molecular weight excluding hydrogens is 342 g/mol. The second-order valence-electron chi connectivity index (χ2n) is 6.51. The standard InChI is InChI=1S/C21H23N3OS/c1-26-16-19-6-8-20(9-7-19)21(25)24-12-10-23(11-13-24)15-18-4-2-17(14-22)3-5-18/h2-9H,10-13,15-16H2,1H3. The number of hydrogen-bond donors (Lipinski definition) is 0. The van der Waals surface area contributed by atoms with E-state index in [1.54, 1.807) is 11.8 Å². The van der Waals surface area contributed by atoms with E-state index in [0.717, 1.165) is 44.0 Å². The van der Waals surface area contributed by atoms with Crippen LogP contribution < -0.4 is 0 Å². The van der Waals surface area contributed by atoms with Crippen molar-refractivity contribution in [3.8, 4) is 6.07 Å². The summed E-state index contributed by atoms with van der Waals surface area (Å²) in [5, 5.41) is 8.87. The fourth-order valence-electron chi connectivity index (χ4n) is 3.14. The van der Waals surface area contributed by atoms with E-state index < -0.39 is 0 Å². The van der Waals surface area contributed by atoms with Gasteiger partial charge in [-0.2, -0.15) is 17.0 Å². The highest BCUT2D eigenvalue weighted by Crippen LogP contribution is 2.15. The van der Waals surface area contributed by atoms with Gasteiger partial charge in [0, 0.05) is 44.0 Å². The summed E-state index contributed by atoms with van der Waals surface area (Å²) in [6, 6.07) is 17.8. The van der Waals surface area contributed by atoms with Crippen LogP contribution in [0, 0.1) is 11.3 Å². The average molecular weight is 366 g/mol. The first-order valence-electron chi connectivity index (χ1n) is 8.78. The van der Waals surface area contributed by atoms with Gasteiger partial charge in [-0.05, 0) is 41.6 Å². The van der Waals surface area contributed by atoms with E-state index in [9.17, 15) is 4.79 Å². The number of nitriles is 1. The van der Waals surface area contributed by atoms with Crippen molar-refractivity contribution < 1.29 is 4.79 Å². The molecule has 134 valence electrons. The third-order valence-electron chi connectivity index (χ3n) is 4.66. The molecule has 2 aromatic rings. The van der Waals surface area contributed by atoms with E-state index in [-0.39, 0.29) is 5.91 Å². The molecule has 1 heterocycles. The molecule has 0 saturated carbocycles. The van der Waals surface area contributed by atoms with Crippen molar-refractivity contribution in [2.75, 3.05) is 32.4 Å². The molecule has 0 aliphatic carbocycles. The molecular formula is C21H23N3OS. The van der Waals surface area contributed by atoms with Crippen LogP contribution in [0.5, 0.6) is 0 Å². The highest BCUT2D eigenvalue weighted by atomic mass is 32.2. The van der Waals surface area contributed by atoms with Crippen LogP contribution in [0.15, 0.2) is 48.5 Å². The Labute approximate surface area is 159 Å². The zero-order valence-electron chi connectivity index (χ0n) is 15.0. The van der Waals surface area contributed by atoms with Crippen LogP contribution in [-0.4, -0.2) is 48.1 Å². The fourth-order valence-corrected chi connectivity index (χ4v) is 3.67. The lowest BCUT2D eigenvalue weighted by atomic mass is 10.1. The van der Waals surface area contributed by atoms with E-state index in [4.69, 9.17) is 5.26 Å². The van der Waals surface area contributed by atoms with E-state index in [0.29, 0.717) is 5.56 Å². The molecule has 1 aliphatic rings. The molecule has 0 unspecified atom stereocenters. The monoisotopic (exact) mass is 365 g/mol. The normalized spacial score (nSPS) is 14.8. The summed E-state index contributed by atoms with van der Waals surface area (Å²) in [7, 11) is 0. The minimum atomic E-state index is 0.124. The number of nitrogens with zero attached hydrogens (tertiary/aromatic N) is 3. The van der Waals surface area contributed by atoms with Gasteiger partial charge in [-0.15, -0.1) is 0 Å². The van der Waals surface area contributed by atoms with E-state index in [2.05, 4.69) is 17.2 Å². The van der Waals surface area contributed by atoms with Gasteiger partial charge in [0.05, 0.1) is 11.6 Å². The number of hydrogen-bond acceptors (Lipinski definition) is 4. The largest absolute Gasteiger partial charge is 0.336 e. The molecule has 0 spiro atoms. The molecule has 1 fully saturated rings. The van der Waals surface area contributed by atoms with Crippen LogP contribution in [0.2, 0.25) is 0 Å². The summed E-state index contributed by atoms with van der Waals surface area (Å²) in [5.41, 5.74) is 3.91. The number of piperazine rings is 1. The van der Waals surface area contributed by atoms with Gasteiger partial charge in [-0.1, -0.05) is 24.3 Å². The van der Waals surface area contributed by atoms with Gasteiger partial charge in [-0.25, -0.2) is 0 Å². The topological polar surface area (TPSA) is 47.3 Å². The second-order valence-corrected chi connectivity index (χ2v) is 7.37. The first kappa shape index (κ1) is 18.5. The summed E-state index contributed by atoms with van der Waals surface area (Å²) in [6.45, 7) is 4.10. The summed E-state index contributed by atoms with van der Waals surface area (Å²) in [6.07, 6.45) is 2.08. The van der Waals surface area contributed by atoms with Crippen LogP contribution in [0.1, 0.15) is 27.0 Å². The molecule has 1 aliphatic heterocycles. The minimum absolute atomic E-state index is 0.124. The van der Waals surface area contributed by atoms with Crippen molar-refractivity contribution in [1.29, 1.82) is 5.26 Å². The summed E-state index contributed by atoms with van der Waals surface area (Å²) in [4.78, 5) is 17.0. The molecule has 1 saturated heterocycles. The smallest absolute Gasteiger partial charge is 0.253 e. The van der Waals surface area contributed by atoms with Crippen molar-refractivity contribution in [2.24, 2.45) is 0 Å². The van der Waals surface area contributed by atoms with E-state index in [1.165, 1.54) is 11.1 Å². The molecule has 3 rings (SSSR count). The SMILES string of the molecule is CSCc1ccc(C(=O)N2CCN(Cc3ccc(C#N)cc3)CC2)cc1. The molecule has 0 aromatic heterocycles. The number of benzene rings is 2. The highest BCUT2D eigenvalue weighted by molar-refractivity contribution is 7.97. The summed E-state index contributed by atoms with van der Waals surface area (Å²) >= 11 is 1.78. The highest BCUT2D eigenvalue weighted by Gasteiger charge is 2.22. The van der Waals surface area contributed by atoms with Crippen molar-refractivity contribution in [2.45, 2.75) is 12.3 Å². The van der Waals surface area contributed by atoms with Crippen LogP contribution in [-0.2, 0) is 12.3 Å². The number of carbonyl (C=O) groups excluding carboxylic acids is 1. The molecule has 0 radical (unpaired) electrons. The Kier molecular flexibility index (Phi) is 6.32. The summed E-state index contributed by atoms with van der Waals surface area (Å²) in [5.74, 6) is 1.10. The Morgan fingerprint density at radius 2 is 1.62 bits per heavy atom. The van der Waals surface area contributed by atoms with E-state index in [1.807, 2.05) is 53.4 Å².